The lowest BCUT2D eigenvalue weighted by Gasteiger charge is -2.30. The average Bonchev–Trinajstić information content (AvgIpc) is 2.65. The van der Waals surface area contributed by atoms with Crippen LogP contribution in [0.1, 0.15) is 78.1 Å². The number of unbranched alkanes of at least 4 members (excludes halogenated alkanes) is 5. The molecule has 30 heavy (non-hydrogen) atoms. The number of allylic oxidation sites excluding steroid dienone is 1. The van der Waals surface area contributed by atoms with E-state index in [0.29, 0.717) is 12.8 Å². The van der Waals surface area contributed by atoms with Crippen LogP contribution in [-0.2, 0) is 19.1 Å². The van der Waals surface area contributed by atoms with Gasteiger partial charge in [-0.25, -0.2) is 0 Å². The van der Waals surface area contributed by atoms with Crippen LogP contribution in [0.2, 0.25) is 0 Å². The van der Waals surface area contributed by atoms with Gasteiger partial charge < -0.3 is 9.47 Å². The van der Waals surface area contributed by atoms with Gasteiger partial charge in [-0.1, -0.05) is 31.8 Å². The average molecular weight is 444 g/mol. The highest BCUT2D eigenvalue weighted by molar-refractivity contribution is 6.00. The highest BCUT2D eigenvalue weighted by Gasteiger charge is 2.57. The Balaban J connectivity index is 5.29. The van der Waals surface area contributed by atoms with Crippen LogP contribution in [0, 0.1) is 5.41 Å². The largest absolute Gasteiger partial charge is 0.465 e. The highest BCUT2D eigenvalue weighted by atomic mass is 19.4. The van der Waals surface area contributed by atoms with Gasteiger partial charge in [0.2, 0.25) is 0 Å². The summed E-state index contributed by atoms with van der Waals surface area (Å²) in [5, 5.41) is 0. The lowest BCUT2D eigenvalue weighted by atomic mass is 9.77. The van der Waals surface area contributed by atoms with E-state index in [2.05, 4.69) is 6.58 Å². The predicted molar refractivity (Wildman–Crippen MR) is 103 cm³/mol. The Labute approximate surface area is 175 Å². The van der Waals surface area contributed by atoms with Gasteiger partial charge in [-0.15, -0.1) is 6.58 Å². The first-order valence-corrected chi connectivity index (χ1v) is 10.4. The van der Waals surface area contributed by atoms with Crippen molar-refractivity contribution < 1.29 is 41.0 Å². The van der Waals surface area contributed by atoms with Crippen LogP contribution in [-0.4, -0.2) is 37.3 Å². The van der Waals surface area contributed by atoms with E-state index in [0.717, 1.165) is 25.7 Å². The molecule has 0 aliphatic rings. The maximum Gasteiger partial charge on any atom is 0.453 e. The molecule has 0 aliphatic heterocycles. The van der Waals surface area contributed by atoms with E-state index in [1.165, 1.54) is 13.8 Å². The van der Waals surface area contributed by atoms with Gasteiger partial charge in [-0.05, 0) is 46.0 Å². The molecule has 0 saturated carbocycles. The van der Waals surface area contributed by atoms with Gasteiger partial charge in [0.15, 0.2) is 5.41 Å². The molecule has 0 heterocycles. The van der Waals surface area contributed by atoms with Crippen LogP contribution in [0.5, 0.6) is 0 Å². The fourth-order valence-corrected chi connectivity index (χ4v) is 3.15. The van der Waals surface area contributed by atoms with Crippen molar-refractivity contribution in [2.75, 3.05) is 13.2 Å². The summed E-state index contributed by atoms with van der Waals surface area (Å²) < 4.78 is 73.9. The van der Waals surface area contributed by atoms with Crippen molar-refractivity contribution in [3.8, 4) is 0 Å². The molecule has 0 spiro atoms. The molecule has 0 amide bonds. The van der Waals surface area contributed by atoms with Crippen molar-refractivity contribution in [1.82, 2.24) is 0 Å². The molecule has 4 nitrogen and oxygen atoms in total. The molecule has 0 radical (unpaired) electrons. The second-order valence-corrected chi connectivity index (χ2v) is 7.17. The number of ether oxygens (including phenoxy) is 2. The molecule has 0 aromatic heterocycles. The minimum atomic E-state index is -5.69. The lowest BCUT2D eigenvalue weighted by Crippen LogP contribution is -2.43. The van der Waals surface area contributed by atoms with Crippen LogP contribution in [0.25, 0.3) is 0 Å². The lowest BCUT2D eigenvalue weighted by molar-refractivity contribution is -0.284. The first kappa shape index (κ1) is 28.3. The van der Waals surface area contributed by atoms with Crippen LogP contribution in [0.15, 0.2) is 12.7 Å². The van der Waals surface area contributed by atoms with Gasteiger partial charge in [-0.3, -0.25) is 9.59 Å². The molecule has 0 N–H and O–H groups in total. The van der Waals surface area contributed by atoms with Gasteiger partial charge in [0, 0.05) is 6.42 Å². The summed E-state index contributed by atoms with van der Waals surface area (Å²) in [5.74, 6) is -6.77. The minimum Gasteiger partial charge on any atom is -0.465 e. The van der Waals surface area contributed by atoms with Crippen molar-refractivity contribution in [2.45, 2.75) is 90.2 Å². The number of hydrogen-bond acceptors (Lipinski definition) is 4. The maximum atomic E-state index is 13.3. The predicted octanol–water partition coefficient (Wildman–Crippen LogP) is 6.38. The van der Waals surface area contributed by atoms with E-state index in [1.54, 1.807) is 0 Å². The third-order valence-corrected chi connectivity index (χ3v) is 4.85. The number of carbonyl (C=O) groups excluding carboxylic acids is 2. The van der Waals surface area contributed by atoms with Crippen LogP contribution < -0.4 is 0 Å². The van der Waals surface area contributed by atoms with E-state index in [9.17, 15) is 31.5 Å². The first-order valence-electron chi connectivity index (χ1n) is 10.4. The summed E-state index contributed by atoms with van der Waals surface area (Å²) in [6, 6.07) is 0. The summed E-state index contributed by atoms with van der Waals surface area (Å²) in [6.45, 7) is 6.56. The topological polar surface area (TPSA) is 52.6 Å². The van der Waals surface area contributed by atoms with Gasteiger partial charge in [0.1, 0.15) is 0 Å². The minimum absolute atomic E-state index is 0.0241. The zero-order valence-electron chi connectivity index (χ0n) is 17.8. The van der Waals surface area contributed by atoms with Crippen molar-refractivity contribution >= 4 is 11.9 Å². The Morgan fingerprint density at radius 2 is 1.23 bits per heavy atom. The molecule has 0 bridgehead atoms. The van der Waals surface area contributed by atoms with Crippen molar-refractivity contribution in [1.29, 1.82) is 0 Å². The SMILES string of the molecule is C=CCCCCCCCC(CCCC(F)(F)C(F)(F)F)(C(=O)OCC)C(=O)OCC. The number of alkyl halides is 5. The first-order chi connectivity index (χ1) is 14.0. The molecule has 0 aromatic carbocycles. The van der Waals surface area contributed by atoms with Gasteiger partial charge in [0.05, 0.1) is 13.2 Å². The number of carbonyl (C=O) groups is 2. The Bertz CT molecular complexity index is 514. The third-order valence-electron chi connectivity index (χ3n) is 4.85. The Kier molecular flexibility index (Phi) is 12.8. The number of esters is 2. The zero-order valence-corrected chi connectivity index (χ0v) is 17.8. The Morgan fingerprint density at radius 3 is 1.70 bits per heavy atom. The number of hydrogen-bond donors (Lipinski definition) is 0. The van der Waals surface area contributed by atoms with E-state index in [-0.39, 0.29) is 19.6 Å². The summed E-state index contributed by atoms with van der Waals surface area (Å²) >= 11 is 0. The highest BCUT2D eigenvalue weighted by Crippen LogP contribution is 2.42. The molecular weight excluding hydrogens is 411 g/mol. The molecule has 0 fully saturated rings. The van der Waals surface area contributed by atoms with E-state index < -0.39 is 48.7 Å². The van der Waals surface area contributed by atoms with E-state index >= 15 is 0 Å². The van der Waals surface area contributed by atoms with E-state index in [4.69, 9.17) is 9.47 Å². The summed E-state index contributed by atoms with van der Waals surface area (Å²) in [5.41, 5.74) is -1.88. The van der Waals surface area contributed by atoms with Crippen molar-refractivity contribution in [3.63, 3.8) is 0 Å². The number of halogens is 5. The second-order valence-electron chi connectivity index (χ2n) is 7.17. The monoisotopic (exact) mass is 444 g/mol. The molecule has 0 aliphatic carbocycles. The van der Waals surface area contributed by atoms with Gasteiger partial charge in [0.25, 0.3) is 0 Å². The molecular formula is C21H33F5O4. The summed E-state index contributed by atoms with van der Waals surface area (Å²) in [4.78, 5) is 25.2. The molecule has 0 aromatic rings. The Hall–Kier alpha value is -1.67. The van der Waals surface area contributed by atoms with Crippen LogP contribution >= 0.6 is 0 Å². The molecule has 9 heteroatoms. The molecule has 0 rings (SSSR count). The molecule has 176 valence electrons. The number of rotatable bonds is 16. The van der Waals surface area contributed by atoms with Crippen molar-refractivity contribution in [3.05, 3.63) is 12.7 Å². The smallest absolute Gasteiger partial charge is 0.453 e. The normalized spacial score (nSPS) is 12.5. The van der Waals surface area contributed by atoms with Crippen molar-refractivity contribution in [2.24, 2.45) is 5.41 Å². The summed E-state index contributed by atoms with van der Waals surface area (Å²) in [7, 11) is 0. The molecule has 0 unspecified atom stereocenters. The van der Waals surface area contributed by atoms with Crippen LogP contribution in [0.4, 0.5) is 22.0 Å². The maximum absolute atomic E-state index is 13.3. The Morgan fingerprint density at radius 1 is 0.767 bits per heavy atom. The third kappa shape index (κ3) is 9.00. The fraction of sp³-hybridized carbons (Fsp3) is 0.810. The van der Waals surface area contributed by atoms with Gasteiger partial charge in [-0.2, -0.15) is 22.0 Å². The van der Waals surface area contributed by atoms with Gasteiger partial charge >= 0.3 is 24.0 Å². The second kappa shape index (κ2) is 13.6. The standard InChI is InChI=1S/C21H33F5O4/c1-4-7-8-9-10-11-12-14-19(17(27)29-5-2,18(28)30-6-3)15-13-16-20(22,23)21(24,25)26/h4H,1,5-16H2,2-3H3. The fourth-order valence-electron chi connectivity index (χ4n) is 3.15. The molecule has 0 saturated heterocycles. The van der Waals surface area contributed by atoms with E-state index in [1.807, 2.05) is 6.08 Å². The molecule has 0 atom stereocenters. The zero-order chi connectivity index (χ0) is 23.3. The summed E-state index contributed by atoms with van der Waals surface area (Å²) in [6.07, 6.45) is -1.90. The quantitative estimate of drug-likeness (QED) is 0.0911. The van der Waals surface area contributed by atoms with Crippen LogP contribution in [0.3, 0.4) is 0 Å².